The van der Waals surface area contributed by atoms with E-state index < -0.39 is 0 Å². The number of nitrogens with two attached hydrogens (primary N) is 1. The summed E-state index contributed by atoms with van der Waals surface area (Å²) in [6.07, 6.45) is 8.83. The molecular weight excluding hydrogens is 146 g/mol. The predicted octanol–water partition coefficient (Wildman–Crippen LogP) is 2.86. The summed E-state index contributed by atoms with van der Waals surface area (Å²) in [5.41, 5.74) is 7.34. The van der Waals surface area contributed by atoms with Gasteiger partial charge in [-0.25, -0.2) is 0 Å². The van der Waals surface area contributed by atoms with E-state index in [9.17, 15) is 0 Å². The van der Waals surface area contributed by atoms with Crippen LogP contribution in [-0.2, 0) is 0 Å². The quantitative estimate of drug-likeness (QED) is 0.643. The van der Waals surface area contributed by atoms with Gasteiger partial charge in [-0.3, -0.25) is 0 Å². The van der Waals surface area contributed by atoms with Gasteiger partial charge in [0.1, 0.15) is 0 Å². The fourth-order valence-corrected chi connectivity index (χ4v) is 1.91. The first-order valence-electron chi connectivity index (χ1n) is 5.15. The molecule has 0 radical (unpaired) electrons. The zero-order valence-electron chi connectivity index (χ0n) is 8.34. The van der Waals surface area contributed by atoms with Crippen molar-refractivity contribution in [3.63, 3.8) is 0 Å². The molecule has 2 unspecified atom stereocenters. The lowest BCUT2D eigenvalue weighted by atomic mass is 9.86. The number of rotatable bonds is 3. The van der Waals surface area contributed by atoms with E-state index in [0.717, 1.165) is 12.3 Å². The molecule has 2 atom stereocenters. The molecule has 0 saturated heterocycles. The molecule has 0 aromatic carbocycles. The normalized spacial score (nSPS) is 26.6. The minimum atomic E-state index is 0.342. The zero-order chi connectivity index (χ0) is 8.97. The molecular formula is C11H21N. The van der Waals surface area contributed by atoms with Gasteiger partial charge >= 0.3 is 0 Å². The highest BCUT2D eigenvalue weighted by atomic mass is 14.6. The van der Waals surface area contributed by atoms with Crippen molar-refractivity contribution in [2.75, 3.05) is 0 Å². The SMILES string of the molecule is CCC1CC=C(CC(C)N)CC1. The van der Waals surface area contributed by atoms with E-state index in [1.54, 1.807) is 5.57 Å². The van der Waals surface area contributed by atoms with E-state index in [4.69, 9.17) is 5.73 Å². The third kappa shape index (κ3) is 2.98. The Labute approximate surface area is 76.0 Å². The second-order valence-electron chi connectivity index (χ2n) is 4.09. The minimum Gasteiger partial charge on any atom is -0.328 e. The number of hydrogen-bond acceptors (Lipinski definition) is 1. The average molecular weight is 167 g/mol. The Morgan fingerprint density at radius 1 is 1.67 bits per heavy atom. The largest absolute Gasteiger partial charge is 0.328 e. The molecule has 0 aromatic heterocycles. The van der Waals surface area contributed by atoms with E-state index in [1.807, 2.05) is 0 Å². The maximum Gasteiger partial charge on any atom is 0.00476 e. The van der Waals surface area contributed by atoms with Crippen LogP contribution in [0.5, 0.6) is 0 Å². The van der Waals surface area contributed by atoms with Crippen LogP contribution >= 0.6 is 0 Å². The van der Waals surface area contributed by atoms with E-state index in [0.29, 0.717) is 6.04 Å². The molecule has 0 bridgehead atoms. The molecule has 1 rings (SSSR count). The van der Waals surface area contributed by atoms with Gasteiger partial charge in [-0.1, -0.05) is 25.0 Å². The Morgan fingerprint density at radius 3 is 2.83 bits per heavy atom. The molecule has 1 heteroatoms. The standard InChI is InChI=1S/C11H21N/c1-3-10-4-6-11(7-5-10)8-9(2)12/h6,9-10H,3-5,7-8,12H2,1-2H3. The second kappa shape index (κ2) is 4.66. The van der Waals surface area contributed by atoms with Crippen LogP contribution in [-0.4, -0.2) is 6.04 Å². The van der Waals surface area contributed by atoms with Gasteiger partial charge in [-0.2, -0.15) is 0 Å². The van der Waals surface area contributed by atoms with Gasteiger partial charge in [0.05, 0.1) is 0 Å². The van der Waals surface area contributed by atoms with Gasteiger partial charge in [0.2, 0.25) is 0 Å². The molecule has 0 saturated carbocycles. The zero-order valence-corrected chi connectivity index (χ0v) is 8.34. The molecule has 0 heterocycles. The van der Waals surface area contributed by atoms with Crippen LogP contribution in [0.25, 0.3) is 0 Å². The molecule has 12 heavy (non-hydrogen) atoms. The second-order valence-corrected chi connectivity index (χ2v) is 4.09. The third-order valence-corrected chi connectivity index (χ3v) is 2.78. The van der Waals surface area contributed by atoms with E-state index in [-0.39, 0.29) is 0 Å². The predicted molar refractivity (Wildman–Crippen MR) is 54.0 cm³/mol. The van der Waals surface area contributed by atoms with E-state index >= 15 is 0 Å². The molecule has 0 aliphatic heterocycles. The monoisotopic (exact) mass is 167 g/mol. The highest BCUT2D eigenvalue weighted by Crippen LogP contribution is 2.27. The molecule has 1 nitrogen and oxygen atoms in total. The Morgan fingerprint density at radius 2 is 2.42 bits per heavy atom. The summed E-state index contributed by atoms with van der Waals surface area (Å²) >= 11 is 0. The molecule has 1 aliphatic rings. The van der Waals surface area contributed by atoms with Gasteiger partial charge in [0, 0.05) is 6.04 Å². The van der Waals surface area contributed by atoms with E-state index in [2.05, 4.69) is 19.9 Å². The summed E-state index contributed by atoms with van der Waals surface area (Å²) in [6, 6.07) is 0.342. The highest BCUT2D eigenvalue weighted by molar-refractivity contribution is 5.07. The molecule has 0 amide bonds. The van der Waals surface area contributed by atoms with E-state index in [1.165, 1.54) is 25.7 Å². The first kappa shape index (κ1) is 9.79. The maximum atomic E-state index is 5.75. The lowest BCUT2D eigenvalue weighted by Gasteiger charge is -2.21. The van der Waals surface area contributed by atoms with Crippen molar-refractivity contribution >= 4 is 0 Å². The van der Waals surface area contributed by atoms with Crippen LogP contribution < -0.4 is 5.73 Å². The van der Waals surface area contributed by atoms with Crippen LogP contribution in [0.4, 0.5) is 0 Å². The molecule has 0 spiro atoms. The van der Waals surface area contributed by atoms with Gasteiger partial charge in [-0.05, 0) is 38.5 Å². The lowest BCUT2D eigenvalue weighted by Crippen LogP contribution is -2.17. The summed E-state index contributed by atoms with van der Waals surface area (Å²) in [4.78, 5) is 0. The average Bonchev–Trinajstić information content (AvgIpc) is 2.05. The van der Waals surface area contributed by atoms with Crippen molar-refractivity contribution in [2.24, 2.45) is 11.7 Å². The van der Waals surface area contributed by atoms with Crippen LogP contribution in [0.2, 0.25) is 0 Å². The van der Waals surface area contributed by atoms with Crippen LogP contribution in [0, 0.1) is 5.92 Å². The third-order valence-electron chi connectivity index (χ3n) is 2.78. The minimum absolute atomic E-state index is 0.342. The molecule has 70 valence electrons. The van der Waals surface area contributed by atoms with Crippen molar-refractivity contribution in [1.29, 1.82) is 0 Å². The summed E-state index contributed by atoms with van der Waals surface area (Å²) < 4.78 is 0. The molecule has 0 fully saturated rings. The van der Waals surface area contributed by atoms with Crippen molar-refractivity contribution in [3.05, 3.63) is 11.6 Å². The summed E-state index contributed by atoms with van der Waals surface area (Å²) in [7, 11) is 0. The van der Waals surface area contributed by atoms with Crippen molar-refractivity contribution in [2.45, 2.75) is 52.0 Å². The molecule has 1 aliphatic carbocycles. The Bertz CT molecular complexity index is 158. The fourth-order valence-electron chi connectivity index (χ4n) is 1.91. The fraction of sp³-hybridized carbons (Fsp3) is 0.818. The summed E-state index contributed by atoms with van der Waals surface area (Å²) in [6.45, 7) is 4.38. The van der Waals surface area contributed by atoms with Crippen molar-refractivity contribution < 1.29 is 0 Å². The molecule has 2 N–H and O–H groups in total. The van der Waals surface area contributed by atoms with Gasteiger partial charge in [0.15, 0.2) is 0 Å². The molecule has 0 aromatic rings. The highest BCUT2D eigenvalue weighted by Gasteiger charge is 2.12. The topological polar surface area (TPSA) is 26.0 Å². The number of allylic oxidation sites excluding steroid dienone is 1. The van der Waals surface area contributed by atoms with Gasteiger partial charge in [-0.15, -0.1) is 0 Å². The van der Waals surface area contributed by atoms with Gasteiger partial charge < -0.3 is 5.73 Å². The van der Waals surface area contributed by atoms with Crippen molar-refractivity contribution in [1.82, 2.24) is 0 Å². The Balaban J connectivity index is 2.34. The van der Waals surface area contributed by atoms with Gasteiger partial charge in [0.25, 0.3) is 0 Å². The maximum absolute atomic E-state index is 5.75. The summed E-state index contributed by atoms with van der Waals surface area (Å²) in [5, 5.41) is 0. The first-order chi connectivity index (χ1) is 5.72. The lowest BCUT2D eigenvalue weighted by molar-refractivity contribution is 0.447. The van der Waals surface area contributed by atoms with Crippen LogP contribution in [0.3, 0.4) is 0 Å². The van der Waals surface area contributed by atoms with Crippen LogP contribution in [0.1, 0.15) is 46.0 Å². The number of hydrogen-bond donors (Lipinski definition) is 1. The summed E-state index contributed by atoms with van der Waals surface area (Å²) in [5.74, 6) is 0.946. The Hall–Kier alpha value is -0.300. The smallest absolute Gasteiger partial charge is 0.00476 e. The first-order valence-corrected chi connectivity index (χ1v) is 5.15. The van der Waals surface area contributed by atoms with Crippen LogP contribution in [0.15, 0.2) is 11.6 Å². The Kier molecular flexibility index (Phi) is 3.80. The van der Waals surface area contributed by atoms with Crippen molar-refractivity contribution in [3.8, 4) is 0 Å².